The molecule has 0 aliphatic carbocycles. The van der Waals surface area contributed by atoms with Crippen molar-refractivity contribution in [1.82, 2.24) is 4.57 Å². The Morgan fingerprint density at radius 3 is 1.26 bits per heavy atom. The summed E-state index contributed by atoms with van der Waals surface area (Å²) in [6.07, 6.45) is 0. The molecule has 0 unspecified atom stereocenters. The zero-order valence-electron chi connectivity index (χ0n) is 27.3. The molecule has 10 aromatic rings. The number of nitrogens with zero attached hydrogens (tertiary/aromatic N) is 1. The van der Waals surface area contributed by atoms with Gasteiger partial charge in [-0.3, -0.25) is 0 Å². The van der Waals surface area contributed by atoms with Gasteiger partial charge in [-0.2, -0.15) is 0 Å². The zero-order valence-corrected chi connectivity index (χ0v) is 28.1. The van der Waals surface area contributed by atoms with E-state index in [2.05, 4.69) is 193 Å². The number of aromatic nitrogens is 1. The summed E-state index contributed by atoms with van der Waals surface area (Å²) in [6.45, 7) is 0. The van der Waals surface area contributed by atoms with Crippen LogP contribution in [0, 0.1) is 0 Å². The molecular formula is C48H31NS. The van der Waals surface area contributed by atoms with Crippen LogP contribution in [-0.4, -0.2) is 4.57 Å². The van der Waals surface area contributed by atoms with E-state index in [0.717, 1.165) is 5.69 Å². The molecule has 0 amide bonds. The van der Waals surface area contributed by atoms with E-state index in [4.69, 9.17) is 0 Å². The predicted molar refractivity (Wildman–Crippen MR) is 215 cm³/mol. The molecule has 0 saturated heterocycles. The molecular weight excluding hydrogens is 623 g/mol. The number of rotatable bonds is 5. The molecule has 0 aliphatic rings. The average Bonchev–Trinajstić information content (AvgIpc) is 3.73. The van der Waals surface area contributed by atoms with Gasteiger partial charge in [0, 0.05) is 36.6 Å². The van der Waals surface area contributed by atoms with Gasteiger partial charge in [-0.1, -0.05) is 152 Å². The Balaban J connectivity index is 1.04. The molecule has 2 heteroatoms. The maximum Gasteiger partial charge on any atom is 0.0547 e. The summed E-state index contributed by atoms with van der Waals surface area (Å²) in [6, 6.07) is 68.7. The number of thiophene rings is 1. The Labute approximate surface area is 295 Å². The largest absolute Gasteiger partial charge is 0.309 e. The zero-order chi connectivity index (χ0) is 33.0. The summed E-state index contributed by atoms with van der Waals surface area (Å²) < 4.78 is 5.11. The van der Waals surface area contributed by atoms with Crippen LogP contribution in [0.25, 0.3) is 92.2 Å². The van der Waals surface area contributed by atoms with E-state index in [0.29, 0.717) is 0 Å². The van der Waals surface area contributed by atoms with Crippen LogP contribution in [0.1, 0.15) is 0 Å². The first-order valence-corrected chi connectivity index (χ1v) is 17.9. The minimum atomic E-state index is 1.15. The van der Waals surface area contributed by atoms with Gasteiger partial charge in [0.2, 0.25) is 0 Å². The van der Waals surface area contributed by atoms with Crippen LogP contribution in [-0.2, 0) is 0 Å². The van der Waals surface area contributed by atoms with Gasteiger partial charge in [0.15, 0.2) is 0 Å². The van der Waals surface area contributed by atoms with E-state index in [-0.39, 0.29) is 0 Å². The third kappa shape index (κ3) is 4.84. The van der Waals surface area contributed by atoms with Crippen molar-refractivity contribution < 1.29 is 0 Å². The van der Waals surface area contributed by atoms with Crippen molar-refractivity contribution in [1.29, 1.82) is 0 Å². The number of hydrogen-bond acceptors (Lipinski definition) is 1. The molecule has 10 rings (SSSR count). The van der Waals surface area contributed by atoms with E-state index in [1.54, 1.807) is 0 Å². The van der Waals surface area contributed by atoms with Crippen molar-refractivity contribution in [2.75, 3.05) is 0 Å². The highest BCUT2D eigenvalue weighted by molar-refractivity contribution is 7.25. The molecule has 0 N–H and O–H groups in total. The van der Waals surface area contributed by atoms with E-state index >= 15 is 0 Å². The summed E-state index contributed by atoms with van der Waals surface area (Å²) in [4.78, 5) is 0. The van der Waals surface area contributed by atoms with Gasteiger partial charge in [0.05, 0.1) is 11.0 Å². The molecule has 234 valence electrons. The van der Waals surface area contributed by atoms with Crippen molar-refractivity contribution in [3.63, 3.8) is 0 Å². The number of hydrogen-bond donors (Lipinski definition) is 0. The highest BCUT2D eigenvalue weighted by Gasteiger charge is 2.15. The second kappa shape index (κ2) is 11.7. The molecule has 1 nitrogen and oxygen atoms in total. The standard InChI is InChI=1S/C48H31NS/c1-3-9-32(10-4-1)37-21-26-41-42-27-22-38(33-11-5-2-6-12-33)30-46(42)49(45(41)29-37)40-24-19-35(20-25-40)34-15-17-36(18-16-34)39-23-28-44-43-13-7-8-14-47(43)50-48(44)31-39/h1-31H. The summed E-state index contributed by atoms with van der Waals surface area (Å²) in [5.74, 6) is 0. The molecule has 0 bridgehead atoms. The molecule has 8 aromatic carbocycles. The van der Waals surface area contributed by atoms with Gasteiger partial charge in [-0.15, -0.1) is 11.3 Å². The lowest BCUT2D eigenvalue weighted by Crippen LogP contribution is -1.94. The minimum absolute atomic E-state index is 1.15. The van der Waals surface area contributed by atoms with Gasteiger partial charge in [0.25, 0.3) is 0 Å². The normalized spacial score (nSPS) is 11.6. The first-order valence-electron chi connectivity index (χ1n) is 17.1. The maximum absolute atomic E-state index is 2.43. The van der Waals surface area contributed by atoms with Crippen LogP contribution in [0.15, 0.2) is 188 Å². The van der Waals surface area contributed by atoms with E-state index < -0.39 is 0 Å². The molecule has 0 fully saturated rings. The Bertz CT molecular complexity index is 2730. The lowest BCUT2D eigenvalue weighted by molar-refractivity contribution is 1.18. The lowest BCUT2D eigenvalue weighted by atomic mass is 9.99. The van der Waals surface area contributed by atoms with Gasteiger partial charge >= 0.3 is 0 Å². The molecule has 2 heterocycles. The first kappa shape index (κ1) is 28.8. The third-order valence-corrected chi connectivity index (χ3v) is 11.2. The highest BCUT2D eigenvalue weighted by atomic mass is 32.1. The quantitative estimate of drug-likeness (QED) is 0.174. The number of fused-ring (bicyclic) bond motifs is 6. The second-order valence-corrected chi connectivity index (χ2v) is 14.0. The Kier molecular flexibility index (Phi) is 6.75. The maximum atomic E-state index is 2.43. The third-order valence-electron chi connectivity index (χ3n) is 10.0. The SMILES string of the molecule is c1ccc(-c2ccc3c4ccc(-c5ccccc5)cc4n(-c4ccc(-c5ccc(-c6ccc7c(c6)sc6ccccc67)cc5)cc4)c3c2)cc1. The monoisotopic (exact) mass is 653 g/mol. The first-order chi connectivity index (χ1) is 24.8. The van der Waals surface area contributed by atoms with Gasteiger partial charge in [0.1, 0.15) is 0 Å². The fraction of sp³-hybridized carbons (Fsp3) is 0. The van der Waals surface area contributed by atoms with Crippen molar-refractivity contribution >= 4 is 53.3 Å². The van der Waals surface area contributed by atoms with Crippen LogP contribution in [0.5, 0.6) is 0 Å². The van der Waals surface area contributed by atoms with Crippen molar-refractivity contribution in [2.45, 2.75) is 0 Å². The molecule has 50 heavy (non-hydrogen) atoms. The Hall–Kier alpha value is -6.22. The highest BCUT2D eigenvalue weighted by Crippen LogP contribution is 2.39. The van der Waals surface area contributed by atoms with Gasteiger partial charge < -0.3 is 4.57 Å². The van der Waals surface area contributed by atoms with Crippen LogP contribution in [0.3, 0.4) is 0 Å². The van der Waals surface area contributed by atoms with Crippen LogP contribution in [0.2, 0.25) is 0 Å². The molecule has 0 aliphatic heterocycles. The number of benzene rings is 8. The van der Waals surface area contributed by atoms with Crippen molar-refractivity contribution in [2.24, 2.45) is 0 Å². The second-order valence-electron chi connectivity index (χ2n) is 13.0. The Morgan fingerprint density at radius 1 is 0.280 bits per heavy atom. The minimum Gasteiger partial charge on any atom is -0.309 e. The summed E-state index contributed by atoms with van der Waals surface area (Å²) in [5, 5.41) is 5.19. The molecule has 0 radical (unpaired) electrons. The summed E-state index contributed by atoms with van der Waals surface area (Å²) >= 11 is 1.87. The van der Waals surface area contributed by atoms with E-state index in [1.165, 1.54) is 86.5 Å². The van der Waals surface area contributed by atoms with E-state index in [9.17, 15) is 0 Å². The smallest absolute Gasteiger partial charge is 0.0547 e. The lowest BCUT2D eigenvalue weighted by Gasteiger charge is -2.11. The van der Waals surface area contributed by atoms with Crippen molar-refractivity contribution in [3.8, 4) is 50.2 Å². The topological polar surface area (TPSA) is 4.93 Å². The van der Waals surface area contributed by atoms with Crippen molar-refractivity contribution in [3.05, 3.63) is 188 Å². The molecule has 2 aromatic heterocycles. The summed E-state index contributed by atoms with van der Waals surface area (Å²) in [5.41, 5.74) is 13.3. The molecule has 0 spiro atoms. The van der Waals surface area contributed by atoms with Crippen LogP contribution >= 0.6 is 11.3 Å². The molecule has 0 saturated carbocycles. The molecule has 0 atom stereocenters. The Morgan fingerprint density at radius 2 is 0.680 bits per heavy atom. The van der Waals surface area contributed by atoms with Gasteiger partial charge in [-0.25, -0.2) is 0 Å². The van der Waals surface area contributed by atoms with Crippen LogP contribution in [0.4, 0.5) is 0 Å². The fourth-order valence-corrected chi connectivity index (χ4v) is 8.63. The van der Waals surface area contributed by atoms with Crippen LogP contribution < -0.4 is 0 Å². The average molecular weight is 654 g/mol. The van der Waals surface area contributed by atoms with Gasteiger partial charge in [-0.05, 0) is 80.9 Å². The fourth-order valence-electron chi connectivity index (χ4n) is 7.48. The predicted octanol–water partition coefficient (Wildman–Crippen LogP) is 13.8. The van der Waals surface area contributed by atoms with E-state index in [1.807, 2.05) is 11.3 Å². The summed E-state index contributed by atoms with van der Waals surface area (Å²) in [7, 11) is 0.